The predicted molar refractivity (Wildman–Crippen MR) is 145 cm³/mol. The highest BCUT2D eigenvalue weighted by Gasteiger charge is 2.41. The van der Waals surface area contributed by atoms with E-state index in [1.165, 1.54) is 16.7 Å². The second kappa shape index (κ2) is 9.47. The van der Waals surface area contributed by atoms with Gasteiger partial charge in [-0.15, -0.1) is 0 Å². The lowest BCUT2D eigenvalue weighted by Gasteiger charge is -2.30. The summed E-state index contributed by atoms with van der Waals surface area (Å²) in [6, 6.07) is 17.7. The number of benzene rings is 3. The third-order valence-electron chi connectivity index (χ3n) is 8.14. The van der Waals surface area contributed by atoms with E-state index in [0.29, 0.717) is 35.5 Å². The maximum Gasteiger partial charge on any atom is 0.368 e. The van der Waals surface area contributed by atoms with E-state index < -0.39 is 7.60 Å². The van der Waals surface area contributed by atoms with Crippen LogP contribution >= 0.6 is 19.2 Å². The molecule has 7 heteroatoms. The molecule has 1 unspecified atom stereocenters. The summed E-state index contributed by atoms with van der Waals surface area (Å²) in [7, 11) is -3.42. The van der Waals surface area contributed by atoms with E-state index >= 15 is 0 Å². The highest BCUT2D eigenvalue weighted by Crippen LogP contribution is 2.56. The maximum absolute atomic E-state index is 13.4. The zero-order valence-corrected chi connectivity index (χ0v) is 22.9. The average Bonchev–Trinajstić information content (AvgIpc) is 3.47. The Bertz CT molecular complexity index is 1400. The van der Waals surface area contributed by atoms with Crippen LogP contribution in [-0.2, 0) is 25.4 Å². The first kappa shape index (κ1) is 25.0. The lowest BCUT2D eigenvalue weighted by Crippen LogP contribution is -2.17. The van der Waals surface area contributed by atoms with E-state index in [2.05, 4.69) is 32.0 Å². The fraction of sp³-hybridized carbons (Fsp3) is 0.400. The molecule has 0 spiro atoms. The number of fused-ring (bicyclic) bond motifs is 1. The minimum Gasteiger partial charge on any atom is -0.508 e. The second-order valence-electron chi connectivity index (χ2n) is 10.9. The SMILES string of the molecule is Cc1cc(OCP2(=O)OCC[C@@H](c3cccc(Cl)c3)O2)cc2c1[C@H](c1ccc(O)c(C3(C)CC3)c1)CC2. The Morgan fingerprint density at radius 1 is 1.11 bits per heavy atom. The molecule has 2 aliphatic carbocycles. The van der Waals surface area contributed by atoms with Gasteiger partial charge in [0.2, 0.25) is 0 Å². The monoisotopic (exact) mass is 538 g/mol. The smallest absolute Gasteiger partial charge is 0.368 e. The number of phenols is 1. The molecule has 0 radical (unpaired) electrons. The van der Waals surface area contributed by atoms with Crippen molar-refractivity contribution < 1.29 is 23.5 Å². The van der Waals surface area contributed by atoms with Crippen molar-refractivity contribution in [2.75, 3.05) is 13.0 Å². The molecule has 3 aliphatic rings. The van der Waals surface area contributed by atoms with Crippen LogP contribution in [0.1, 0.15) is 78.0 Å². The molecule has 1 saturated carbocycles. The van der Waals surface area contributed by atoms with E-state index in [9.17, 15) is 9.67 Å². The Morgan fingerprint density at radius 3 is 2.73 bits per heavy atom. The van der Waals surface area contributed by atoms with E-state index in [-0.39, 0.29) is 17.9 Å². The van der Waals surface area contributed by atoms with E-state index in [0.717, 1.165) is 42.4 Å². The molecule has 1 heterocycles. The summed E-state index contributed by atoms with van der Waals surface area (Å²) in [6.07, 6.45) is 4.37. The highest BCUT2D eigenvalue weighted by molar-refractivity contribution is 7.53. The minimum absolute atomic E-state index is 0.112. The summed E-state index contributed by atoms with van der Waals surface area (Å²) in [4.78, 5) is 0. The summed E-state index contributed by atoms with van der Waals surface area (Å²) >= 11 is 6.13. The lowest BCUT2D eigenvalue weighted by molar-refractivity contribution is 0.0725. The van der Waals surface area contributed by atoms with E-state index in [1.54, 1.807) is 0 Å². The molecule has 3 atom stereocenters. The van der Waals surface area contributed by atoms with Gasteiger partial charge in [0.05, 0.1) is 12.7 Å². The largest absolute Gasteiger partial charge is 0.508 e. The summed E-state index contributed by atoms with van der Waals surface area (Å²) in [5.41, 5.74) is 7.09. The van der Waals surface area contributed by atoms with Gasteiger partial charge in [-0.1, -0.05) is 42.8 Å². The van der Waals surface area contributed by atoms with Crippen LogP contribution in [0, 0.1) is 6.92 Å². The van der Waals surface area contributed by atoms with E-state index in [1.807, 2.05) is 36.4 Å². The Morgan fingerprint density at radius 2 is 1.95 bits per heavy atom. The number of ether oxygens (including phenoxy) is 1. The quantitative estimate of drug-likeness (QED) is 0.320. The first-order valence-electron chi connectivity index (χ1n) is 13.0. The second-order valence-corrected chi connectivity index (χ2v) is 13.3. The van der Waals surface area contributed by atoms with Crippen molar-refractivity contribution in [3.05, 3.63) is 93.0 Å². The van der Waals surface area contributed by atoms with Crippen LogP contribution in [0.3, 0.4) is 0 Å². The topological polar surface area (TPSA) is 65.0 Å². The molecular weight excluding hydrogens is 507 g/mol. The van der Waals surface area contributed by atoms with Crippen LogP contribution in [0.25, 0.3) is 0 Å². The Hall–Kier alpha value is -2.30. The van der Waals surface area contributed by atoms with Crippen molar-refractivity contribution in [3.8, 4) is 11.5 Å². The predicted octanol–water partition coefficient (Wildman–Crippen LogP) is 8.19. The van der Waals surface area contributed by atoms with Gasteiger partial charge < -0.3 is 14.4 Å². The third kappa shape index (κ3) is 4.95. The minimum atomic E-state index is -3.42. The van der Waals surface area contributed by atoms with Crippen molar-refractivity contribution in [1.82, 2.24) is 0 Å². The molecule has 5 nitrogen and oxygen atoms in total. The zero-order valence-electron chi connectivity index (χ0n) is 21.2. The van der Waals surface area contributed by atoms with Crippen LogP contribution in [0.15, 0.2) is 54.6 Å². The molecule has 2 fully saturated rings. The van der Waals surface area contributed by atoms with Crippen molar-refractivity contribution in [1.29, 1.82) is 0 Å². The number of phenolic OH excluding ortho intramolecular Hbond substituents is 1. The summed E-state index contributed by atoms with van der Waals surface area (Å²) in [5, 5.41) is 11.1. The van der Waals surface area contributed by atoms with Crippen LogP contribution in [0.4, 0.5) is 0 Å². The van der Waals surface area contributed by atoms with Crippen molar-refractivity contribution in [2.45, 2.75) is 63.4 Å². The number of aromatic hydroxyl groups is 1. The number of hydrogen-bond acceptors (Lipinski definition) is 5. The molecule has 37 heavy (non-hydrogen) atoms. The number of rotatable bonds is 6. The highest BCUT2D eigenvalue weighted by atomic mass is 35.5. The number of aryl methyl sites for hydroxylation is 2. The first-order chi connectivity index (χ1) is 17.7. The molecule has 3 aromatic rings. The van der Waals surface area contributed by atoms with Gasteiger partial charge in [0.15, 0.2) is 6.35 Å². The Balaban J connectivity index is 1.18. The molecule has 1 saturated heterocycles. The van der Waals surface area contributed by atoms with Crippen molar-refractivity contribution in [2.24, 2.45) is 0 Å². The molecule has 1 aliphatic heterocycles. The van der Waals surface area contributed by atoms with Gasteiger partial charge in [-0.05, 0) is 96.2 Å². The van der Waals surface area contributed by atoms with Crippen molar-refractivity contribution >= 4 is 19.2 Å². The molecule has 194 valence electrons. The summed E-state index contributed by atoms with van der Waals surface area (Å²) in [5.74, 6) is 1.38. The van der Waals surface area contributed by atoms with Crippen LogP contribution in [0.2, 0.25) is 5.02 Å². The van der Waals surface area contributed by atoms with Gasteiger partial charge in [-0.25, -0.2) is 0 Å². The maximum atomic E-state index is 13.4. The summed E-state index contributed by atoms with van der Waals surface area (Å²) in [6.45, 7) is 4.68. The zero-order chi connectivity index (χ0) is 25.8. The average molecular weight is 539 g/mol. The Labute approximate surface area is 223 Å². The standard InChI is InChI=1S/C30H32ClO5P/c1-19-14-24(34-18-37(33)35-13-10-28(36-37)21-4-3-5-23(31)15-21)16-22-6-8-25(29(19)22)20-7-9-27(32)26(17-20)30(2)11-12-30/h3-5,7,9,14-17,25,28,32H,6,8,10-13,18H2,1-2H3/t25-,28-,37?/m0/s1. The normalized spacial score (nSPS) is 26.0. The van der Waals surface area contributed by atoms with E-state index in [4.69, 9.17) is 25.4 Å². The fourth-order valence-electron chi connectivity index (χ4n) is 5.84. The van der Waals surface area contributed by atoms with Gasteiger partial charge in [0.1, 0.15) is 11.5 Å². The van der Waals surface area contributed by atoms with Gasteiger partial charge in [0.25, 0.3) is 0 Å². The van der Waals surface area contributed by atoms with Gasteiger partial charge in [-0.3, -0.25) is 9.09 Å². The van der Waals surface area contributed by atoms with Crippen LogP contribution in [-0.4, -0.2) is 18.1 Å². The molecule has 1 N–H and O–H groups in total. The summed E-state index contributed by atoms with van der Waals surface area (Å²) < 4.78 is 30.9. The van der Waals surface area contributed by atoms with Crippen LogP contribution in [0.5, 0.6) is 11.5 Å². The fourth-order valence-corrected chi connectivity index (χ4v) is 7.54. The van der Waals surface area contributed by atoms with Gasteiger partial charge in [0, 0.05) is 22.9 Å². The molecule has 0 amide bonds. The molecule has 3 aromatic carbocycles. The molecule has 6 rings (SSSR count). The number of halogens is 1. The third-order valence-corrected chi connectivity index (χ3v) is 9.97. The Kier molecular flexibility index (Phi) is 6.40. The lowest BCUT2D eigenvalue weighted by atomic mass is 9.86. The number of hydrogen-bond donors (Lipinski definition) is 1. The first-order valence-corrected chi connectivity index (χ1v) is 15.1. The molecule has 0 aromatic heterocycles. The van der Waals surface area contributed by atoms with Gasteiger partial charge in [-0.2, -0.15) is 0 Å². The molecular formula is C30H32ClO5P. The van der Waals surface area contributed by atoms with Crippen LogP contribution < -0.4 is 4.74 Å². The molecule has 0 bridgehead atoms. The van der Waals surface area contributed by atoms with Crippen molar-refractivity contribution in [3.63, 3.8) is 0 Å². The van der Waals surface area contributed by atoms with Gasteiger partial charge >= 0.3 is 7.60 Å².